The molecule has 0 fully saturated rings. The van der Waals surface area contributed by atoms with Crippen LogP contribution in [0.5, 0.6) is 5.75 Å². The summed E-state index contributed by atoms with van der Waals surface area (Å²) in [7, 11) is 0. The Bertz CT molecular complexity index is 831. The highest BCUT2D eigenvalue weighted by molar-refractivity contribution is 9.10. The molecule has 0 bridgehead atoms. The van der Waals surface area contributed by atoms with Crippen LogP contribution in [-0.2, 0) is 4.79 Å². The molecule has 128 valence electrons. The van der Waals surface area contributed by atoms with E-state index in [4.69, 9.17) is 4.74 Å². The van der Waals surface area contributed by atoms with Crippen LogP contribution in [-0.4, -0.2) is 12.5 Å². The van der Waals surface area contributed by atoms with Gasteiger partial charge in [0.15, 0.2) is 6.61 Å². The standard InChI is InChI=1S/C20H18BrNO2S/c1-14-8-10-15(11-9-14)20(18-7-4-12-25-18)22-19(23)13-24-17-6-3-2-5-16(17)21/h2-12,20H,13H2,1H3,(H,22,23). The maximum atomic E-state index is 12.4. The summed E-state index contributed by atoms with van der Waals surface area (Å²) in [5, 5.41) is 5.09. The topological polar surface area (TPSA) is 38.3 Å². The Kier molecular flexibility index (Phi) is 5.89. The molecule has 5 heteroatoms. The zero-order valence-corrected chi connectivity index (χ0v) is 16.1. The number of benzene rings is 2. The van der Waals surface area contributed by atoms with Crippen LogP contribution in [0.3, 0.4) is 0 Å². The normalized spacial score (nSPS) is 11.8. The molecule has 1 unspecified atom stereocenters. The van der Waals surface area contributed by atoms with Gasteiger partial charge >= 0.3 is 0 Å². The Morgan fingerprint density at radius 1 is 1.12 bits per heavy atom. The van der Waals surface area contributed by atoms with E-state index in [-0.39, 0.29) is 18.6 Å². The Balaban J connectivity index is 1.71. The Hall–Kier alpha value is -2.11. The van der Waals surface area contributed by atoms with Gasteiger partial charge < -0.3 is 10.1 Å². The number of halogens is 1. The van der Waals surface area contributed by atoms with Crippen molar-refractivity contribution in [2.75, 3.05) is 6.61 Å². The Morgan fingerprint density at radius 3 is 2.56 bits per heavy atom. The summed E-state index contributed by atoms with van der Waals surface area (Å²) in [6.45, 7) is 2.02. The van der Waals surface area contributed by atoms with Crippen molar-refractivity contribution in [1.29, 1.82) is 0 Å². The summed E-state index contributed by atoms with van der Waals surface area (Å²) in [6, 6.07) is 19.6. The smallest absolute Gasteiger partial charge is 0.258 e. The van der Waals surface area contributed by atoms with Crippen molar-refractivity contribution < 1.29 is 9.53 Å². The van der Waals surface area contributed by atoms with Gasteiger partial charge in [0.25, 0.3) is 5.91 Å². The number of thiophene rings is 1. The minimum Gasteiger partial charge on any atom is -0.483 e. The number of carbonyl (C=O) groups is 1. The molecule has 0 aliphatic heterocycles. The average Bonchev–Trinajstić information content (AvgIpc) is 3.14. The highest BCUT2D eigenvalue weighted by Gasteiger charge is 2.18. The van der Waals surface area contributed by atoms with E-state index < -0.39 is 0 Å². The van der Waals surface area contributed by atoms with Crippen molar-refractivity contribution in [3.63, 3.8) is 0 Å². The van der Waals surface area contributed by atoms with E-state index >= 15 is 0 Å². The molecule has 0 spiro atoms. The zero-order valence-electron chi connectivity index (χ0n) is 13.7. The molecule has 0 saturated heterocycles. The maximum absolute atomic E-state index is 12.4. The number of para-hydroxylation sites is 1. The molecule has 25 heavy (non-hydrogen) atoms. The van der Waals surface area contributed by atoms with Gasteiger partial charge in [0, 0.05) is 4.88 Å². The van der Waals surface area contributed by atoms with Crippen LogP contribution in [0.15, 0.2) is 70.5 Å². The molecule has 0 radical (unpaired) electrons. The van der Waals surface area contributed by atoms with E-state index in [9.17, 15) is 4.79 Å². The summed E-state index contributed by atoms with van der Waals surface area (Å²) in [5.41, 5.74) is 2.25. The Labute approximate surface area is 159 Å². The second-order valence-corrected chi connectivity index (χ2v) is 7.48. The number of hydrogen-bond acceptors (Lipinski definition) is 3. The first-order valence-corrected chi connectivity index (χ1v) is 9.57. The van der Waals surface area contributed by atoms with Crippen LogP contribution in [0.1, 0.15) is 22.0 Å². The quantitative estimate of drug-likeness (QED) is 0.607. The fourth-order valence-corrected chi connectivity index (χ4v) is 3.64. The molecule has 0 saturated carbocycles. The molecule has 1 amide bonds. The molecule has 3 nitrogen and oxygen atoms in total. The van der Waals surface area contributed by atoms with Crippen LogP contribution in [0.4, 0.5) is 0 Å². The lowest BCUT2D eigenvalue weighted by molar-refractivity contribution is -0.123. The predicted octanol–water partition coefficient (Wildman–Crippen LogP) is 5.10. The fraction of sp³-hybridized carbons (Fsp3) is 0.150. The van der Waals surface area contributed by atoms with Crippen molar-refractivity contribution in [3.05, 3.63) is 86.5 Å². The first-order chi connectivity index (χ1) is 12.1. The highest BCUT2D eigenvalue weighted by atomic mass is 79.9. The molecular formula is C20H18BrNO2S. The molecule has 3 rings (SSSR count). The third-order valence-electron chi connectivity index (χ3n) is 3.74. The minimum absolute atomic E-state index is 0.0314. The fourth-order valence-electron chi connectivity index (χ4n) is 2.44. The van der Waals surface area contributed by atoms with Gasteiger partial charge in [0.05, 0.1) is 10.5 Å². The van der Waals surface area contributed by atoms with Gasteiger partial charge in [-0.25, -0.2) is 0 Å². The lowest BCUT2D eigenvalue weighted by Crippen LogP contribution is -2.32. The molecule has 0 aliphatic rings. The van der Waals surface area contributed by atoms with E-state index in [0.29, 0.717) is 5.75 Å². The van der Waals surface area contributed by atoms with Gasteiger partial charge in [-0.2, -0.15) is 0 Å². The number of carbonyl (C=O) groups excluding carboxylic acids is 1. The van der Waals surface area contributed by atoms with E-state index in [1.165, 1.54) is 5.56 Å². The van der Waals surface area contributed by atoms with Crippen molar-refractivity contribution in [3.8, 4) is 5.75 Å². The highest BCUT2D eigenvalue weighted by Crippen LogP contribution is 2.27. The molecular weight excluding hydrogens is 398 g/mol. The lowest BCUT2D eigenvalue weighted by Gasteiger charge is -2.18. The third-order valence-corrected chi connectivity index (χ3v) is 5.33. The third kappa shape index (κ3) is 4.71. The van der Waals surface area contributed by atoms with Gasteiger partial charge in [-0.3, -0.25) is 4.79 Å². The summed E-state index contributed by atoms with van der Waals surface area (Å²) >= 11 is 5.04. The van der Waals surface area contributed by atoms with Gasteiger partial charge in [-0.1, -0.05) is 48.0 Å². The SMILES string of the molecule is Cc1ccc(C(NC(=O)COc2ccccc2Br)c2cccs2)cc1. The number of aryl methyl sites for hydroxylation is 1. The average molecular weight is 416 g/mol. The number of rotatable bonds is 6. The summed E-state index contributed by atoms with van der Waals surface area (Å²) < 4.78 is 6.45. The van der Waals surface area contributed by atoms with Gasteiger partial charge in [0.1, 0.15) is 5.75 Å². The largest absolute Gasteiger partial charge is 0.483 e. The predicted molar refractivity (Wildman–Crippen MR) is 105 cm³/mol. The Morgan fingerprint density at radius 2 is 1.88 bits per heavy atom. The number of ether oxygens (including phenoxy) is 1. The van der Waals surface area contributed by atoms with Crippen molar-refractivity contribution >= 4 is 33.2 Å². The van der Waals surface area contributed by atoms with Gasteiger partial charge in [-0.15, -0.1) is 11.3 Å². The van der Waals surface area contributed by atoms with E-state index in [1.54, 1.807) is 11.3 Å². The summed E-state index contributed by atoms with van der Waals surface area (Å²) in [6.07, 6.45) is 0. The van der Waals surface area contributed by atoms with Crippen LogP contribution >= 0.6 is 27.3 Å². The zero-order chi connectivity index (χ0) is 17.6. The number of hydrogen-bond donors (Lipinski definition) is 1. The second-order valence-electron chi connectivity index (χ2n) is 5.65. The van der Waals surface area contributed by atoms with Gasteiger partial charge in [0.2, 0.25) is 0 Å². The van der Waals surface area contributed by atoms with Gasteiger partial charge in [-0.05, 0) is 52.0 Å². The second kappa shape index (κ2) is 8.32. The van der Waals surface area contributed by atoms with Crippen molar-refractivity contribution in [1.82, 2.24) is 5.32 Å². The lowest BCUT2D eigenvalue weighted by atomic mass is 10.0. The first kappa shape index (κ1) is 17.7. The monoisotopic (exact) mass is 415 g/mol. The molecule has 0 aliphatic carbocycles. The molecule has 1 heterocycles. The van der Waals surface area contributed by atoms with Crippen LogP contribution in [0, 0.1) is 6.92 Å². The first-order valence-electron chi connectivity index (χ1n) is 7.90. The van der Waals surface area contributed by atoms with Crippen LogP contribution in [0.25, 0.3) is 0 Å². The molecule has 2 aromatic carbocycles. The van der Waals surface area contributed by atoms with E-state index in [1.807, 2.05) is 48.7 Å². The number of amides is 1. The summed E-state index contributed by atoms with van der Waals surface area (Å²) in [4.78, 5) is 13.5. The van der Waals surface area contributed by atoms with Crippen LogP contribution in [0.2, 0.25) is 0 Å². The number of nitrogens with one attached hydrogen (secondary N) is 1. The molecule has 1 aromatic heterocycles. The molecule has 1 N–H and O–H groups in total. The molecule has 3 aromatic rings. The van der Waals surface area contributed by atoms with Crippen molar-refractivity contribution in [2.45, 2.75) is 13.0 Å². The van der Waals surface area contributed by atoms with E-state index in [2.05, 4.69) is 45.5 Å². The minimum atomic E-state index is -0.170. The molecule has 1 atom stereocenters. The van der Waals surface area contributed by atoms with E-state index in [0.717, 1.165) is 14.9 Å². The van der Waals surface area contributed by atoms with Crippen LogP contribution < -0.4 is 10.1 Å². The van der Waals surface area contributed by atoms with Crippen molar-refractivity contribution in [2.24, 2.45) is 0 Å². The summed E-state index contributed by atoms with van der Waals surface area (Å²) in [5.74, 6) is 0.496. The maximum Gasteiger partial charge on any atom is 0.258 e.